The van der Waals surface area contributed by atoms with Gasteiger partial charge in [-0.3, -0.25) is 0 Å². The van der Waals surface area contributed by atoms with Crippen molar-refractivity contribution >= 4 is 15.7 Å². The molecular formula is C22H24N2O5S. The molecule has 0 bridgehead atoms. The van der Waals surface area contributed by atoms with Crippen LogP contribution in [0.1, 0.15) is 17.4 Å². The summed E-state index contributed by atoms with van der Waals surface area (Å²) in [5, 5.41) is 0. The van der Waals surface area contributed by atoms with Crippen LogP contribution in [0, 0.1) is 0 Å². The zero-order valence-electron chi connectivity index (χ0n) is 16.9. The summed E-state index contributed by atoms with van der Waals surface area (Å²) in [4.78, 5) is 2.30. The number of anilines is 1. The monoisotopic (exact) mass is 428 g/mol. The number of nitrogens with one attached hydrogen (secondary N) is 1. The summed E-state index contributed by atoms with van der Waals surface area (Å²) in [6.45, 7) is 0.960. The molecule has 0 amide bonds. The number of rotatable bonds is 8. The molecule has 2 heterocycles. The van der Waals surface area contributed by atoms with Gasteiger partial charge in [-0.1, -0.05) is 18.2 Å². The van der Waals surface area contributed by atoms with Crippen LogP contribution in [0.3, 0.4) is 0 Å². The first kappa shape index (κ1) is 20.3. The number of hydrogen-bond donors (Lipinski definition) is 1. The van der Waals surface area contributed by atoms with E-state index in [1.807, 2.05) is 24.3 Å². The van der Waals surface area contributed by atoms with E-state index in [-0.39, 0.29) is 17.5 Å². The average Bonchev–Trinajstić information content (AvgIpc) is 3.44. The predicted molar refractivity (Wildman–Crippen MR) is 114 cm³/mol. The van der Waals surface area contributed by atoms with Gasteiger partial charge in [0.15, 0.2) is 11.5 Å². The minimum absolute atomic E-state index is 0.111. The average molecular weight is 429 g/mol. The Kier molecular flexibility index (Phi) is 5.69. The van der Waals surface area contributed by atoms with E-state index < -0.39 is 10.0 Å². The second-order valence-corrected chi connectivity index (χ2v) is 8.74. The van der Waals surface area contributed by atoms with Crippen LogP contribution in [0.4, 0.5) is 5.69 Å². The van der Waals surface area contributed by atoms with Gasteiger partial charge in [0.1, 0.15) is 11.8 Å². The Morgan fingerprint density at radius 1 is 1.07 bits per heavy atom. The summed E-state index contributed by atoms with van der Waals surface area (Å²) in [6, 6.07) is 16.1. The first-order valence-corrected chi connectivity index (χ1v) is 11.1. The lowest BCUT2D eigenvalue weighted by Gasteiger charge is -2.29. The highest BCUT2D eigenvalue weighted by Crippen LogP contribution is 2.35. The van der Waals surface area contributed by atoms with Crippen LogP contribution in [0.25, 0.3) is 0 Å². The minimum atomic E-state index is -3.76. The molecule has 30 heavy (non-hydrogen) atoms. The zero-order chi connectivity index (χ0) is 21.1. The van der Waals surface area contributed by atoms with Gasteiger partial charge in [-0.25, -0.2) is 13.1 Å². The molecule has 8 heteroatoms. The van der Waals surface area contributed by atoms with E-state index in [1.165, 1.54) is 31.9 Å². The van der Waals surface area contributed by atoms with Crippen LogP contribution in [0.2, 0.25) is 0 Å². The highest BCUT2D eigenvalue weighted by molar-refractivity contribution is 7.89. The molecule has 3 aromatic rings. The SMILES string of the molecule is COc1ccc(S(=O)(=O)NC[C@H](c2ccco2)N2CCc3ccccc32)cc1OC. The number of fused-ring (bicyclic) bond motifs is 1. The minimum Gasteiger partial charge on any atom is -0.493 e. The topological polar surface area (TPSA) is 81.0 Å². The second kappa shape index (κ2) is 8.41. The Bertz CT molecular complexity index is 1110. The van der Waals surface area contributed by atoms with Crippen LogP contribution in [-0.2, 0) is 16.4 Å². The van der Waals surface area contributed by atoms with Gasteiger partial charge < -0.3 is 18.8 Å². The first-order valence-electron chi connectivity index (χ1n) is 9.63. The van der Waals surface area contributed by atoms with E-state index in [4.69, 9.17) is 13.9 Å². The fraction of sp³-hybridized carbons (Fsp3) is 0.273. The molecular weight excluding hydrogens is 404 g/mol. The predicted octanol–water partition coefficient (Wildman–Crippen LogP) is 3.38. The van der Waals surface area contributed by atoms with Gasteiger partial charge in [0.2, 0.25) is 10.0 Å². The van der Waals surface area contributed by atoms with E-state index in [0.29, 0.717) is 17.3 Å². The molecule has 1 atom stereocenters. The van der Waals surface area contributed by atoms with E-state index in [0.717, 1.165) is 18.7 Å². The maximum absolute atomic E-state index is 13.0. The zero-order valence-corrected chi connectivity index (χ0v) is 17.7. The number of ether oxygens (including phenoxy) is 2. The van der Waals surface area contributed by atoms with Gasteiger partial charge in [-0.2, -0.15) is 0 Å². The number of methoxy groups -OCH3 is 2. The fourth-order valence-corrected chi connectivity index (χ4v) is 4.84. The summed E-state index contributed by atoms with van der Waals surface area (Å²) < 4.78 is 44.8. The van der Waals surface area contributed by atoms with Gasteiger partial charge in [0.05, 0.1) is 25.4 Å². The fourth-order valence-electron chi connectivity index (χ4n) is 3.79. The summed E-state index contributed by atoms with van der Waals surface area (Å²) in [6.07, 6.45) is 2.52. The number of para-hydroxylation sites is 1. The molecule has 1 aliphatic heterocycles. The van der Waals surface area contributed by atoms with Gasteiger partial charge in [0, 0.05) is 24.8 Å². The molecule has 0 fully saturated rings. The second-order valence-electron chi connectivity index (χ2n) is 6.97. The quantitative estimate of drug-likeness (QED) is 0.592. The van der Waals surface area contributed by atoms with E-state index in [9.17, 15) is 8.42 Å². The number of benzene rings is 2. The van der Waals surface area contributed by atoms with Crippen molar-refractivity contribution < 1.29 is 22.3 Å². The standard InChI is InChI=1S/C22H24N2O5S/c1-27-21-10-9-17(14-22(21)28-2)30(25,26)23-15-19(20-8-5-13-29-20)24-12-11-16-6-3-4-7-18(16)24/h3-10,13-14,19,23H,11-12,15H2,1-2H3/t19-/m1/s1. The number of nitrogens with zero attached hydrogens (tertiary/aromatic N) is 1. The lowest BCUT2D eigenvalue weighted by Crippen LogP contribution is -2.37. The Morgan fingerprint density at radius 2 is 1.87 bits per heavy atom. The first-order chi connectivity index (χ1) is 14.5. The maximum atomic E-state index is 13.0. The van der Waals surface area contributed by atoms with Crippen LogP contribution < -0.4 is 19.1 Å². The third-order valence-electron chi connectivity index (χ3n) is 5.30. The number of furan rings is 1. The van der Waals surface area contributed by atoms with Crippen molar-refractivity contribution in [3.8, 4) is 11.5 Å². The molecule has 2 aromatic carbocycles. The van der Waals surface area contributed by atoms with Crippen molar-refractivity contribution in [2.75, 3.05) is 32.2 Å². The number of hydrogen-bond acceptors (Lipinski definition) is 6. The molecule has 0 unspecified atom stereocenters. The van der Waals surface area contributed by atoms with Crippen LogP contribution >= 0.6 is 0 Å². The molecule has 0 radical (unpaired) electrons. The normalized spacial score (nSPS) is 14.4. The smallest absolute Gasteiger partial charge is 0.240 e. The number of sulfonamides is 1. The molecule has 0 spiro atoms. The maximum Gasteiger partial charge on any atom is 0.240 e. The molecule has 158 valence electrons. The van der Waals surface area contributed by atoms with E-state index >= 15 is 0 Å². The molecule has 1 N–H and O–H groups in total. The Hall–Kier alpha value is -2.97. The molecule has 7 nitrogen and oxygen atoms in total. The summed E-state index contributed by atoms with van der Waals surface area (Å²) in [5.74, 6) is 1.54. The van der Waals surface area contributed by atoms with Gasteiger partial charge in [-0.15, -0.1) is 0 Å². The molecule has 0 saturated heterocycles. The van der Waals surface area contributed by atoms with Crippen LogP contribution in [0.5, 0.6) is 11.5 Å². The summed E-state index contributed by atoms with van der Waals surface area (Å²) in [7, 11) is -0.787. The molecule has 0 aliphatic carbocycles. The summed E-state index contributed by atoms with van der Waals surface area (Å²) >= 11 is 0. The van der Waals surface area contributed by atoms with Crippen LogP contribution in [-0.4, -0.2) is 35.7 Å². The van der Waals surface area contributed by atoms with Crippen molar-refractivity contribution in [1.29, 1.82) is 0 Å². The third kappa shape index (κ3) is 3.88. The van der Waals surface area contributed by atoms with Crippen molar-refractivity contribution in [2.24, 2.45) is 0 Å². The van der Waals surface area contributed by atoms with Gasteiger partial charge >= 0.3 is 0 Å². The third-order valence-corrected chi connectivity index (χ3v) is 6.72. The van der Waals surface area contributed by atoms with Crippen molar-refractivity contribution in [2.45, 2.75) is 17.4 Å². The van der Waals surface area contributed by atoms with E-state index in [1.54, 1.807) is 12.3 Å². The Labute approximate surface area is 176 Å². The van der Waals surface area contributed by atoms with E-state index in [2.05, 4.69) is 21.8 Å². The molecule has 4 rings (SSSR count). The van der Waals surface area contributed by atoms with Crippen LogP contribution in [0.15, 0.2) is 70.2 Å². The van der Waals surface area contributed by atoms with Gasteiger partial charge in [0.25, 0.3) is 0 Å². The Morgan fingerprint density at radius 3 is 2.60 bits per heavy atom. The summed E-state index contributed by atoms with van der Waals surface area (Å²) in [5.41, 5.74) is 2.35. The highest BCUT2D eigenvalue weighted by atomic mass is 32.2. The highest BCUT2D eigenvalue weighted by Gasteiger charge is 2.30. The van der Waals surface area contributed by atoms with Crippen molar-refractivity contribution in [1.82, 2.24) is 4.72 Å². The van der Waals surface area contributed by atoms with Gasteiger partial charge in [-0.05, 0) is 42.3 Å². The lowest BCUT2D eigenvalue weighted by molar-refractivity contribution is 0.354. The van der Waals surface area contributed by atoms with Crippen molar-refractivity contribution in [3.05, 3.63) is 72.2 Å². The largest absolute Gasteiger partial charge is 0.493 e. The molecule has 1 aliphatic rings. The Balaban J connectivity index is 1.59. The lowest BCUT2D eigenvalue weighted by atomic mass is 10.1. The molecule has 1 aromatic heterocycles. The molecule has 0 saturated carbocycles. The van der Waals surface area contributed by atoms with Crippen molar-refractivity contribution in [3.63, 3.8) is 0 Å².